The zero-order chi connectivity index (χ0) is 50.2. The number of nitrogens with zero attached hydrogens (tertiary/aromatic N) is 4. The molecule has 0 fully saturated rings. The molecule has 0 spiro atoms. The van der Waals surface area contributed by atoms with Crippen LogP contribution in [0.25, 0.3) is 43.6 Å². The highest BCUT2D eigenvalue weighted by molar-refractivity contribution is 6.09. The molecule has 4 heterocycles. The van der Waals surface area contributed by atoms with E-state index in [-0.39, 0.29) is 24.3 Å². The van der Waals surface area contributed by atoms with Crippen LogP contribution in [-0.4, -0.2) is 70.5 Å². The Bertz CT molecular complexity index is 3300. The van der Waals surface area contributed by atoms with Crippen molar-refractivity contribution in [3.8, 4) is 0 Å². The fraction of sp³-hybridized carbons (Fsp3) is 0.286. The fourth-order valence-corrected chi connectivity index (χ4v) is 8.59. The number of methoxy groups -OCH3 is 2. The Hall–Kier alpha value is -8.00. The summed E-state index contributed by atoms with van der Waals surface area (Å²) < 4.78 is 9.41. The zero-order valence-electron chi connectivity index (χ0n) is 41.0. The number of aryl methyl sites for hydroxylation is 8. The van der Waals surface area contributed by atoms with E-state index in [0.29, 0.717) is 34.7 Å². The Morgan fingerprint density at radius 2 is 1.07 bits per heavy atom. The van der Waals surface area contributed by atoms with Crippen LogP contribution >= 0.6 is 0 Å². The highest BCUT2D eigenvalue weighted by Crippen LogP contribution is 2.30. The number of aromatic nitrogens is 4. The molecule has 8 rings (SSSR count). The third-order valence-corrected chi connectivity index (χ3v) is 12.4. The van der Waals surface area contributed by atoms with Gasteiger partial charge in [-0.2, -0.15) is 0 Å². The second kappa shape index (κ2) is 22.0. The molecular weight excluding hydrogens is 881 g/mol. The summed E-state index contributed by atoms with van der Waals surface area (Å²) in [6.45, 7) is 11.9. The molecule has 0 radical (unpaired) electrons. The van der Waals surface area contributed by atoms with Crippen LogP contribution in [0.15, 0.2) is 97.3 Å². The van der Waals surface area contributed by atoms with Gasteiger partial charge in [0.15, 0.2) is 11.6 Å². The predicted octanol–water partition coefficient (Wildman–Crippen LogP) is 8.75. The van der Waals surface area contributed by atoms with Gasteiger partial charge in [0, 0.05) is 45.1 Å². The number of pyridine rings is 4. The van der Waals surface area contributed by atoms with Gasteiger partial charge in [-0.15, -0.1) is 0 Å². The van der Waals surface area contributed by atoms with Crippen molar-refractivity contribution in [2.24, 2.45) is 5.92 Å². The molecule has 1 atom stereocenters. The molecular formula is C56H60N8O6. The number of rotatable bonds is 14. The van der Waals surface area contributed by atoms with E-state index in [1.807, 2.05) is 96.4 Å². The summed E-state index contributed by atoms with van der Waals surface area (Å²) in [6.07, 6.45) is 7.43. The van der Waals surface area contributed by atoms with E-state index in [0.717, 1.165) is 108 Å². The molecule has 1 unspecified atom stereocenters. The second-order valence-corrected chi connectivity index (χ2v) is 18.2. The number of carbonyl (C=O) groups excluding carboxylic acids is 4. The van der Waals surface area contributed by atoms with Crippen LogP contribution in [0.3, 0.4) is 0 Å². The lowest BCUT2D eigenvalue weighted by molar-refractivity contribution is -0.143. The van der Waals surface area contributed by atoms with Crippen LogP contribution in [0.5, 0.6) is 0 Å². The summed E-state index contributed by atoms with van der Waals surface area (Å²) in [5.74, 6) is -0.382. The number of nitrogens with one attached hydrogen (secondary N) is 2. The van der Waals surface area contributed by atoms with Crippen LogP contribution < -0.4 is 22.1 Å². The first kappa shape index (κ1) is 49.9. The normalized spacial score (nSPS) is 11.6. The fourth-order valence-electron chi connectivity index (χ4n) is 8.59. The molecule has 70 heavy (non-hydrogen) atoms. The van der Waals surface area contributed by atoms with Gasteiger partial charge in [-0.25, -0.2) is 14.8 Å². The highest BCUT2D eigenvalue weighted by Gasteiger charge is 2.23. The number of amides is 2. The highest BCUT2D eigenvalue weighted by atomic mass is 16.5. The molecule has 0 aliphatic rings. The molecule has 6 N–H and O–H groups in total. The summed E-state index contributed by atoms with van der Waals surface area (Å²) in [7, 11) is 2.62. The first-order valence-corrected chi connectivity index (χ1v) is 23.3. The quantitative estimate of drug-likeness (QED) is 0.0595. The Morgan fingerprint density at radius 3 is 1.51 bits per heavy atom. The number of ether oxygens (including phenoxy) is 2. The van der Waals surface area contributed by atoms with Crippen LogP contribution in [0.1, 0.15) is 85.5 Å². The first-order valence-electron chi connectivity index (χ1n) is 23.3. The molecule has 0 bridgehead atoms. The average Bonchev–Trinajstić information content (AvgIpc) is 3.34. The summed E-state index contributed by atoms with van der Waals surface area (Å²) in [4.78, 5) is 66.6. The first-order chi connectivity index (χ1) is 33.5. The topological polar surface area (TPSA) is 214 Å². The van der Waals surface area contributed by atoms with Crippen molar-refractivity contribution in [2.75, 3.05) is 32.2 Å². The largest absolute Gasteiger partial charge is 0.468 e. The molecule has 8 aromatic rings. The lowest BCUT2D eigenvalue weighted by Crippen LogP contribution is -2.42. The van der Waals surface area contributed by atoms with Gasteiger partial charge in [0.1, 0.15) is 23.6 Å². The molecule has 0 saturated carbocycles. The standard InChI is InChI=1S/C30H34N4O3.C26H26N4O3/c1-17(2)12-26(30(36)37-5)34-29(35)22-10-9-21(19(4)14-22)8-7-20-15-24-23-11-6-18(3)13-25(23)33-28(31)27(24)32-16-20;1-15-4-9-20-21-12-17(13-28-24(21)25(27)30-22(20)10-15)5-6-18-7-8-19(11-16(18)2)26(32)29-14-23(31)33-3/h6,9-11,13-17,26H,7-8,12H2,1-5H3,(H2,31,33)(H,34,35);4,7-13H,5-6,14H2,1-3H3,(H2,27,30)(H,29,32). The van der Waals surface area contributed by atoms with E-state index in [2.05, 4.69) is 71.7 Å². The van der Waals surface area contributed by atoms with Crippen LogP contribution in [0, 0.1) is 33.6 Å². The van der Waals surface area contributed by atoms with Gasteiger partial charge in [0.05, 0.1) is 25.3 Å². The molecule has 14 heteroatoms. The summed E-state index contributed by atoms with van der Waals surface area (Å²) >= 11 is 0. The predicted molar refractivity (Wildman–Crippen MR) is 277 cm³/mol. The van der Waals surface area contributed by atoms with Crippen molar-refractivity contribution >= 4 is 79.0 Å². The van der Waals surface area contributed by atoms with Gasteiger partial charge in [-0.05, 0) is 159 Å². The average molecular weight is 941 g/mol. The summed E-state index contributed by atoms with van der Waals surface area (Å²) in [5.41, 5.74) is 25.4. The number of fused-ring (bicyclic) bond motifs is 6. The van der Waals surface area contributed by atoms with E-state index in [1.54, 1.807) is 6.07 Å². The van der Waals surface area contributed by atoms with E-state index in [1.165, 1.54) is 14.2 Å². The van der Waals surface area contributed by atoms with Crippen molar-refractivity contribution in [3.05, 3.63) is 153 Å². The smallest absolute Gasteiger partial charge is 0.328 e. The molecule has 2 amide bonds. The maximum atomic E-state index is 12.8. The van der Waals surface area contributed by atoms with Crippen LogP contribution in [-0.2, 0) is 44.7 Å². The van der Waals surface area contributed by atoms with E-state index < -0.39 is 18.0 Å². The van der Waals surface area contributed by atoms with Crippen molar-refractivity contribution in [2.45, 2.75) is 79.7 Å². The number of carbonyl (C=O) groups is 4. The van der Waals surface area contributed by atoms with Crippen molar-refractivity contribution in [1.82, 2.24) is 30.6 Å². The van der Waals surface area contributed by atoms with E-state index in [4.69, 9.17) is 16.2 Å². The SMILES string of the molecule is COC(=O)C(CC(C)C)NC(=O)c1ccc(CCc2cnc3c(N)nc4cc(C)ccc4c3c2)c(C)c1.COC(=O)CNC(=O)c1ccc(CCc2cnc3c(N)nc4cc(C)ccc4c3c2)c(C)c1. The van der Waals surface area contributed by atoms with Crippen LogP contribution in [0.2, 0.25) is 0 Å². The Balaban J connectivity index is 0.000000208. The Labute approximate surface area is 407 Å². The zero-order valence-corrected chi connectivity index (χ0v) is 41.0. The number of anilines is 2. The van der Waals surface area contributed by atoms with Gasteiger partial charge in [-0.3, -0.25) is 24.4 Å². The molecule has 0 aliphatic carbocycles. The summed E-state index contributed by atoms with van der Waals surface area (Å²) in [5, 5.41) is 9.47. The number of benzene rings is 4. The number of hydrogen-bond donors (Lipinski definition) is 4. The van der Waals surface area contributed by atoms with Crippen LogP contribution in [0.4, 0.5) is 11.6 Å². The Morgan fingerprint density at radius 1 is 0.586 bits per heavy atom. The maximum Gasteiger partial charge on any atom is 0.328 e. The molecule has 14 nitrogen and oxygen atoms in total. The molecule has 4 aromatic carbocycles. The lowest BCUT2D eigenvalue weighted by atomic mass is 9.97. The monoisotopic (exact) mass is 940 g/mol. The van der Waals surface area contributed by atoms with E-state index >= 15 is 0 Å². The van der Waals surface area contributed by atoms with Crippen molar-refractivity contribution in [1.29, 1.82) is 0 Å². The van der Waals surface area contributed by atoms with Crippen molar-refractivity contribution in [3.63, 3.8) is 0 Å². The van der Waals surface area contributed by atoms with Gasteiger partial charge < -0.3 is 31.6 Å². The number of nitrogens with two attached hydrogens (primary N) is 2. The minimum absolute atomic E-state index is 0.153. The molecule has 360 valence electrons. The molecule has 0 saturated heterocycles. The molecule has 4 aromatic heterocycles. The number of esters is 2. The van der Waals surface area contributed by atoms with Crippen molar-refractivity contribution < 1.29 is 28.7 Å². The minimum atomic E-state index is -0.665. The van der Waals surface area contributed by atoms with Gasteiger partial charge in [0.2, 0.25) is 0 Å². The number of nitrogen functional groups attached to an aromatic ring is 2. The number of hydrogen-bond acceptors (Lipinski definition) is 12. The summed E-state index contributed by atoms with van der Waals surface area (Å²) in [6, 6.07) is 27.2. The van der Waals surface area contributed by atoms with Gasteiger partial charge >= 0.3 is 11.9 Å². The van der Waals surface area contributed by atoms with Gasteiger partial charge in [-0.1, -0.05) is 50.2 Å². The minimum Gasteiger partial charge on any atom is -0.468 e. The maximum absolute atomic E-state index is 12.8. The third-order valence-electron chi connectivity index (χ3n) is 12.4. The molecule has 0 aliphatic heterocycles. The van der Waals surface area contributed by atoms with E-state index in [9.17, 15) is 19.2 Å². The lowest BCUT2D eigenvalue weighted by Gasteiger charge is -2.18. The second-order valence-electron chi connectivity index (χ2n) is 18.2. The third kappa shape index (κ3) is 11.8. The van der Waals surface area contributed by atoms with Gasteiger partial charge in [0.25, 0.3) is 11.8 Å². The Kier molecular flexibility index (Phi) is 15.7.